The molecule has 0 heterocycles. The molecule has 0 aliphatic rings. The number of nitrogens with zero attached hydrogens (tertiary/aromatic N) is 1. The van der Waals surface area contributed by atoms with Crippen LogP contribution in [0.25, 0.3) is 0 Å². The third-order valence-electron chi connectivity index (χ3n) is 3.76. The van der Waals surface area contributed by atoms with E-state index in [0.717, 1.165) is 0 Å². The van der Waals surface area contributed by atoms with Crippen LogP contribution in [0.15, 0.2) is 60.7 Å². The summed E-state index contributed by atoms with van der Waals surface area (Å²) in [5, 5.41) is 11.5. The maximum absolute atomic E-state index is 12.8. The van der Waals surface area contributed by atoms with Crippen LogP contribution in [0, 0.1) is 0 Å². The Morgan fingerprint density at radius 3 is 1.81 bits per heavy atom. The van der Waals surface area contributed by atoms with Crippen molar-refractivity contribution in [2.45, 2.75) is 19.0 Å². The number of carboxylic acid groups (broad SMARTS) is 1. The minimum atomic E-state index is -1.21. The van der Waals surface area contributed by atoms with E-state index >= 15 is 0 Å². The Morgan fingerprint density at radius 1 is 1.00 bits per heavy atom. The van der Waals surface area contributed by atoms with E-state index in [9.17, 15) is 14.4 Å². The third-order valence-corrected chi connectivity index (χ3v) is 4.12. The minimum Gasteiger partial charge on any atom is -0.480 e. The van der Waals surface area contributed by atoms with Crippen LogP contribution >= 0.6 is 12.6 Å². The van der Waals surface area contributed by atoms with Crippen LogP contribution in [0.1, 0.15) is 6.92 Å². The number of thiol groups is 1. The fourth-order valence-corrected chi connectivity index (χ4v) is 2.79. The summed E-state index contributed by atoms with van der Waals surface area (Å²) in [6.07, 6.45) is 0. The van der Waals surface area contributed by atoms with E-state index in [1.54, 1.807) is 53.4 Å². The Labute approximate surface area is 157 Å². The first-order chi connectivity index (χ1) is 12.5. The molecule has 0 aromatic heterocycles. The van der Waals surface area contributed by atoms with Gasteiger partial charge in [-0.25, -0.2) is 4.79 Å². The second-order valence-corrected chi connectivity index (χ2v) is 6.00. The van der Waals surface area contributed by atoms with Gasteiger partial charge >= 0.3 is 5.97 Å². The molecule has 0 fully saturated rings. The van der Waals surface area contributed by atoms with Gasteiger partial charge in [-0.15, -0.1) is 0 Å². The van der Waals surface area contributed by atoms with Crippen molar-refractivity contribution < 1.29 is 19.5 Å². The first-order valence-corrected chi connectivity index (χ1v) is 8.62. The van der Waals surface area contributed by atoms with Crippen LogP contribution in [0.3, 0.4) is 0 Å². The van der Waals surface area contributed by atoms with Crippen LogP contribution in [-0.2, 0) is 14.4 Å². The van der Waals surface area contributed by atoms with Gasteiger partial charge < -0.3 is 15.3 Å². The van der Waals surface area contributed by atoms with Gasteiger partial charge in [0.2, 0.25) is 0 Å². The molecule has 0 radical (unpaired) electrons. The van der Waals surface area contributed by atoms with Gasteiger partial charge in [0.25, 0.3) is 5.91 Å². The van der Waals surface area contributed by atoms with Crippen LogP contribution in [0.4, 0.5) is 11.4 Å². The molecule has 2 aromatic carbocycles. The highest BCUT2D eigenvalue weighted by molar-refractivity contribution is 7.80. The van der Waals surface area contributed by atoms with E-state index in [4.69, 9.17) is 5.11 Å². The number of Topliss-reactive ketones (excluding diaryl/α,β-unsaturated/α-hetero) is 1. The SMILES string of the molecule is CC(=O)[C@H](C(=O)N[C@H](CS)C(=O)O)N(c1ccccc1)c1ccccc1. The summed E-state index contributed by atoms with van der Waals surface area (Å²) >= 11 is 3.95. The summed E-state index contributed by atoms with van der Waals surface area (Å²) in [7, 11) is 0. The highest BCUT2D eigenvalue weighted by Gasteiger charge is 2.33. The largest absolute Gasteiger partial charge is 0.480 e. The van der Waals surface area contributed by atoms with E-state index < -0.39 is 29.7 Å². The molecule has 1 amide bonds. The number of rotatable bonds is 8. The first-order valence-electron chi connectivity index (χ1n) is 7.99. The van der Waals surface area contributed by atoms with E-state index in [-0.39, 0.29) is 5.75 Å². The molecule has 0 saturated carbocycles. The Morgan fingerprint density at radius 2 is 1.46 bits per heavy atom. The molecule has 0 bridgehead atoms. The van der Waals surface area contributed by atoms with Crippen molar-refractivity contribution in [3.05, 3.63) is 60.7 Å². The lowest BCUT2D eigenvalue weighted by atomic mass is 10.1. The monoisotopic (exact) mass is 372 g/mol. The number of ketones is 1. The molecule has 136 valence electrons. The van der Waals surface area contributed by atoms with Crippen molar-refractivity contribution in [3.8, 4) is 0 Å². The molecule has 0 spiro atoms. The van der Waals surface area contributed by atoms with E-state index in [2.05, 4.69) is 17.9 Å². The number of hydrogen-bond acceptors (Lipinski definition) is 5. The fourth-order valence-electron chi connectivity index (χ4n) is 2.54. The summed E-state index contributed by atoms with van der Waals surface area (Å²) < 4.78 is 0. The van der Waals surface area contributed by atoms with Crippen LogP contribution in [0.5, 0.6) is 0 Å². The van der Waals surface area contributed by atoms with E-state index in [1.165, 1.54) is 6.92 Å². The van der Waals surface area contributed by atoms with E-state index in [0.29, 0.717) is 11.4 Å². The lowest BCUT2D eigenvalue weighted by Gasteiger charge is -2.32. The van der Waals surface area contributed by atoms with Crippen molar-refractivity contribution in [3.63, 3.8) is 0 Å². The molecular weight excluding hydrogens is 352 g/mol. The molecule has 2 N–H and O–H groups in total. The standard InChI is InChI=1S/C19H20N2O4S/c1-13(22)17(18(23)20-16(12-26)19(24)25)21(14-8-4-2-5-9-14)15-10-6-3-7-11-15/h2-11,16-17,26H,12H2,1H3,(H,20,23)(H,24,25)/t16-,17-/m1/s1. The molecule has 0 unspecified atom stereocenters. The highest BCUT2D eigenvalue weighted by atomic mass is 32.1. The Bertz CT molecular complexity index is 728. The number of aliphatic carboxylic acids is 1. The van der Waals surface area contributed by atoms with Gasteiger partial charge in [0, 0.05) is 17.1 Å². The summed E-state index contributed by atoms with van der Waals surface area (Å²) in [5.74, 6) is -2.38. The predicted octanol–water partition coefficient (Wildman–Crippen LogP) is 2.28. The fraction of sp³-hybridized carbons (Fsp3) is 0.211. The molecule has 0 aliphatic heterocycles. The van der Waals surface area contributed by atoms with Gasteiger partial charge in [0.1, 0.15) is 6.04 Å². The van der Waals surface area contributed by atoms with Crippen molar-refractivity contribution in [1.29, 1.82) is 0 Å². The van der Waals surface area contributed by atoms with Crippen LogP contribution < -0.4 is 10.2 Å². The third kappa shape index (κ3) is 4.64. The Kier molecular flexibility index (Phi) is 6.80. The van der Waals surface area contributed by atoms with Gasteiger partial charge in [-0.3, -0.25) is 9.59 Å². The predicted molar refractivity (Wildman–Crippen MR) is 103 cm³/mol. The summed E-state index contributed by atoms with van der Waals surface area (Å²) in [6.45, 7) is 1.31. The van der Waals surface area contributed by atoms with Crippen molar-refractivity contribution in [1.82, 2.24) is 5.32 Å². The van der Waals surface area contributed by atoms with E-state index in [1.807, 2.05) is 12.1 Å². The molecular formula is C19H20N2O4S. The topological polar surface area (TPSA) is 86.7 Å². The van der Waals surface area contributed by atoms with Crippen molar-refractivity contribution in [2.75, 3.05) is 10.7 Å². The molecule has 0 saturated heterocycles. The Balaban J connectivity index is 2.46. The molecule has 2 atom stereocenters. The summed E-state index contributed by atoms with van der Waals surface area (Å²) in [4.78, 5) is 37.9. The van der Waals surface area contributed by atoms with Gasteiger partial charge in [-0.05, 0) is 31.2 Å². The number of amides is 1. The zero-order chi connectivity index (χ0) is 19.1. The summed E-state index contributed by atoms with van der Waals surface area (Å²) in [6, 6.07) is 15.6. The van der Waals surface area contributed by atoms with Gasteiger partial charge in [0.15, 0.2) is 11.8 Å². The quantitative estimate of drug-likeness (QED) is 0.489. The number of anilines is 2. The number of carboxylic acids is 1. The molecule has 6 nitrogen and oxygen atoms in total. The normalized spacial score (nSPS) is 12.7. The first kappa shape index (κ1) is 19.5. The highest BCUT2D eigenvalue weighted by Crippen LogP contribution is 2.28. The average Bonchev–Trinajstić information content (AvgIpc) is 2.64. The van der Waals surface area contributed by atoms with Crippen molar-refractivity contribution >= 4 is 41.7 Å². The number of benzene rings is 2. The molecule has 7 heteroatoms. The van der Waals surface area contributed by atoms with Gasteiger partial charge in [0.05, 0.1) is 0 Å². The Hall–Kier alpha value is -2.80. The molecule has 0 aliphatic carbocycles. The van der Waals surface area contributed by atoms with Gasteiger partial charge in [-0.2, -0.15) is 12.6 Å². The maximum atomic E-state index is 12.8. The second-order valence-electron chi connectivity index (χ2n) is 5.64. The number of para-hydroxylation sites is 2. The molecule has 26 heavy (non-hydrogen) atoms. The summed E-state index contributed by atoms with van der Waals surface area (Å²) in [5.41, 5.74) is 1.29. The zero-order valence-electron chi connectivity index (χ0n) is 14.2. The maximum Gasteiger partial charge on any atom is 0.327 e. The molecule has 2 rings (SSSR count). The average molecular weight is 372 g/mol. The lowest BCUT2D eigenvalue weighted by Crippen LogP contribution is -2.54. The smallest absolute Gasteiger partial charge is 0.327 e. The number of nitrogens with one attached hydrogen (secondary N) is 1. The molecule has 2 aromatic rings. The van der Waals surface area contributed by atoms with Crippen molar-refractivity contribution in [2.24, 2.45) is 0 Å². The number of carbonyl (C=O) groups excluding carboxylic acids is 2. The van der Waals surface area contributed by atoms with Crippen LogP contribution in [-0.4, -0.2) is 40.6 Å². The number of hydrogen-bond donors (Lipinski definition) is 3. The minimum absolute atomic E-state index is 0.0810. The second kappa shape index (κ2) is 9.05. The van der Waals surface area contributed by atoms with Crippen LogP contribution in [0.2, 0.25) is 0 Å². The number of carbonyl (C=O) groups is 3. The lowest BCUT2D eigenvalue weighted by molar-refractivity contribution is -0.142. The zero-order valence-corrected chi connectivity index (χ0v) is 15.1. The van der Waals surface area contributed by atoms with Gasteiger partial charge in [-0.1, -0.05) is 36.4 Å².